The lowest BCUT2D eigenvalue weighted by atomic mass is 9.99. The highest BCUT2D eigenvalue weighted by molar-refractivity contribution is 5.20. The number of aliphatic hydroxyl groups is 1. The van der Waals surface area contributed by atoms with Crippen LogP contribution in [0.4, 0.5) is 4.39 Å². The molecule has 1 aromatic rings. The highest BCUT2D eigenvalue weighted by atomic mass is 19.1. The van der Waals surface area contributed by atoms with Crippen LogP contribution < -0.4 is 5.32 Å². The number of hydrogen-bond acceptors (Lipinski definition) is 3. The zero-order valence-corrected chi connectivity index (χ0v) is 12.9. The molecule has 2 unspecified atom stereocenters. The van der Waals surface area contributed by atoms with Gasteiger partial charge in [0, 0.05) is 18.6 Å². The minimum absolute atomic E-state index is 0.173. The van der Waals surface area contributed by atoms with E-state index in [-0.39, 0.29) is 18.5 Å². The molecule has 0 bridgehead atoms. The Hall–Kier alpha value is -0.970. The third-order valence-corrected chi connectivity index (χ3v) is 4.37. The quantitative estimate of drug-likeness (QED) is 0.811. The number of nitrogens with zero attached hydrogens (tertiary/aromatic N) is 1. The van der Waals surface area contributed by atoms with E-state index < -0.39 is 0 Å². The molecule has 0 radical (unpaired) electrons. The topological polar surface area (TPSA) is 35.5 Å². The van der Waals surface area contributed by atoms with Crippen LogP contribution in [0.2, 0.25) is 0 Å². The normalized spacial score (nSPS) is 21.4. The smallest absolute Gasteiger partial charge is 0.123 e. The molecule has 2 N–H and O–H groups in total. The molecule has 0 aromatic heterocycles. The average molecular weight is 294 g/mol. The maximum absolute atomic E-state index is 13.4. The van der Waals surface area contributed by atoms with Crippen molar-refractivity contribution in [3.8, 4) is 0 Å². The van der Waals surface area contributed by atoms with Crippen molar-refractivity contribution in [1.29, 1.82) is 0 Å². The molecular formula is C17H27FN2O. The van der Waals surface area contributed by atoms with E-state index in [0.29, 0.717) is 6.04 Å². The fourth-order valence-electron chi connectivity index (χ4n) is 3.21. The molecule has 1 saturated heterocycles. The number of rotatable bonds is 7. The molecule has 4 heteroatoms. The molecule has 2 rings (SSSR count). The second kappa shape index (κ2) is 8.47. The Kier molecular flexibility index (Phi) is 6.61. The highest BCUT2D eigenvalue weighted by Crippen LogP contribution is 2.22. The van der Waals surface area contributed by atoms with Crippen molar-refractivity contribution in [2.24, 2.45) is 0 Å². The number of aliphatic hydroxyl groups excluding tert-OH is 1. The molecule has 2 atom stereocenters. The molecule has 1 aliphatic heterocycles. The molecule has 0 spiro atoms. The van der Waals surface area contributed by atoms with Gasteiger partial charge in [0.15, 0.2) is 0 Å². The molecular weight excluding hydrogens is 267 g/mol. The second-order valence-electron chi connectivity index (χ2n) is 5.82. The van der Waals surface area contributed by atoms with Crippen LogP contribution in [-0.4, -0.2) is 42.3 Å². The van der Waals surface area contributed by atoms with Gasteiger partial charge in [-0.2, -0.15) is 0 Å². The van der Waals surface area contributed by atoms with Crippen molar-refractivity contribution in [2.75, 3.05) is 26.2 Å². The van der Waals surface area contributed by atoms with Crippen molar-refractivity contribution in [1.82, 2.24) is 10.2 Å². The fraction of sp³-hybridized carbons (Fsp3) is 0.647. The lowest BCUT2D eigenvalue weighted by Gasteiger charge is -2.35. The monoisotopic (exact) mass is 294 g/mol. The summed E-state index contributed by atoms with van der Waals surface area (Å²) in [5.41, 5.74) is 1.01. The molecule has 1 aliphatic rings. The van der Waals surface area contributed by atoms with Gasteiger partial charge in [0.1, 0.15) is 5.82 Å². The summed E-state index contributed by atoms with van der Waals surface area (Å²) in [5, 5.41) is 12.9. The predicted molar refractivity (Wildman–Crippen MR) is 83.7 cm³/mol. The summed E-state index contributed by atoms with van der Waals surface area (Å²) >= 11 is 0. The third-order valence-electron chi connectivity index (χ3n) is 4.37. The van der Waals surface area contributed by atoms with Crippen LogP contribution in [0.3, 0.4) is 0 Å². The fourth-order valence-corrected chi connectivity index (χ4v) is 3.21. The maximum Gasteiger partial charge on any atom is 0.123 e. The molecule has 21 heavy (non-hydrogen) atoms. The van der Waals surface area contributed by atoms with Gasteiger partial charge in [-0.25, -0.2) is 4.39 Å². The predicted octanol–water partition coefficient (Wildman–Crippen LogP) is 2.71. The Morgan fingerprint density at radius 3 is 3.00 bits per heavy atom. The molecule has 3 nitrogen and oxygen atoms in total. The van der Waals surface area contributed by atoms with Crippen LogP contribution in [0, 0.1) is 5.82 Å². The highest BCUT2D eigenvalue weighted by Gasteiger charge is 2.22. The zero-order chi connectivity index (χ0) is 15.1. The minimum Gasteiger partial charge on any atom is -0.395 e. The second-order valence-corrected chi connectivity index (χ2v) is 5.82. The number of likely N-dealkylation sites (tertiary alicyclic amines) is 1. The molecule has 1 fully saturated rings. The maximum atomic E-state index is 13.4. The van der Waals surface area contributed by atoms with Gasteiger partial charge in [0.25, 0.3) is 0 Å². The Morgan fingerprint density at radius 1 is 1.43 bits per heavy atom. The van der Waals surface area contributed by atoms with E-state index in [2.05, 4.69) is 17.1 Å². The molecule has 1 heterocycles. The largest absolute Gasteiger partial charge is 0.395 e. The zero-order valence-electron chi connectivity index (χ0n) is 12.9. The molecule has 0 amide bonds. The number of nitrogens with one attached hydrogen (secondary N) is 1. The van der Waals surface area contributed by atoms with E-state index in [1.54, 1.807) is 12.1 Å². The summed E-state index contributed by atoms with van der Waals surface area (Å²) in [6, 6.07) is 7.33. The van der Waals surface area contributed by atoms with E-state index >= 15 is 0 Å². The van der Waals surface area contributed by atoms with Crippen molar-refractivity contribution < 1.29 is 9.50 Å². The van der Waals surface area contributed by atoms with E-state index in [1.807, 2.05) is 6.07 Å². The summed E-state index contributed by atoms with van der Waals surface area (Å²) in [5.74, 6) is -0.179. The summed E-state index contributed by atoms with van der Waals surface area (Å²) < 4.78 is 13.4. The van der Waals surface area contributed by atoms with Gasteiger partial charge < -0.3 is 10.4 Å². The van der Waals surface area contributed by atoms with Crippen LogP contribution >= 0.6 is 0 Å². The number of halogens is 1. The van der Waals surface area contributed by atoms with Gasteiger partial charge in [-0.3, -0.25) is 4.90 Å². The Balaban J connectivity index is 1.96. The first-order valence-corrected chi connectivity index (χ1v) is 8.08. The van der Waals surface area contributed by atoms with Gasteiger partial charge >= 0.3 is 0 Å². The van der Waals surface area contributed by atoms with E-state index in [9.17, 15) is 9.50 Å². The van der Waals surface area contributed by atoms with Crippen molar-refractivity contribution in [2.45, 2.75) is 44.7 Å². The summed E-state index contributed by atoms with van der Waals surface area (Å²) in [7, 11) is 0. The van der Waals surface area contributed by atoms with Gasteiger partial charge in [-0.15, -0.1) is 0 Å². The van der Waals surface area contributed by atoms with E-state index in [0.717, 1.165) is 38.0 Å². The van der Waals surface area contributed by atoms with Crippen LogP contribution in [0.1, 0.15) is 44.2 Å². The number of benzene rings is 1. The van der Waals surface area contributed by atoms with Crippen LogP contribution in [0.15, 0.2) is 24.3 Å². The lowest BCUT2D eigenvalue weighted by Crippen LogP contribution is -2.43. The first kappa shape index (κ1) is 16.4. The van der Waals surface area contributed by atoms with E-state index in [4.69, 9.17) is 0 Å². The van der Waals surface area contributed by atoms with Crippen LogP contribution in [-0.2, 0) is 0 Å². The van der Waals surface area contributed by atoms with Gasteiger partial charge in [0.2, 0.25) is 0 Å². The van der Waals surface area contributed by atoms with Crippen LogP contribution in [0.5, 0.6) is 0 Å². The molecule has 1 aromatic carbocycles. The first-order valence-electron chi connectivity index (χ1n) is 8.08. The lowest BCUT2D eigenvalue weighted by molar-refractivity contribution is 0.0865. The van der Waals surface area contributed by atoms with Crippen molar-refractivity contribution in [3.63, 3.8) is 0 Å². The van der Waals surface area contributed by atoms with Crippen molar-refractivity contribution in [3.05, 3.63) is 35.6 Å². The first-order chi connectivity index (χ1) is 10.2. The average Bonchev–Trinajstić information content (AvgIpc) is 2.51. The molecule has 118 valence electrons. The Bertz CT molecular complexity index is 427. The van der Waals surface area contributed by atoms with Crippen LogP contribution in [0.25, 0.3) is 0 Å². The molecule has 0 saturated carbocycles. The summed E-state index contributed by atoms with van der Waals surface area (Å²) in [6.07, 6.45) is 4.45. The SMILES string of the molecule is CCNC(CCN1CCCCC1CO)c1cccc(F)c1. The summed E-state index contributed by atoms with van der Waals surface area (Å²) in [6.45, 7) is 5.19. The Labute approximate surface area is 127 Å². The number of piperidine rings is 1. The van der Waals surface area contributed by atoms with Crippen molar-refractivity contribution >= 4 is 0 Å². The van der Waals surface area contributed by atoms with Gasteiger partial charge in [-0.05, 0) is 50.0 Å². The Morgan fingerprint density at radius 2 is 2.29 bits per heavy atom. The third kappa shape index (κ3) is 4.77. The van der Waals surface area contributed by atoms with E-state index in [1.165, 1.54) is 18.9 Å². The number of hydrogen-bond donors (Lipinski definition) is 2. The minimum atomic E-state index is -0.179. The summed E-state index contributed by atoms with van der Waals surface area (Å²) in [4.78, 5) is 2.38. The molecule has 0 aliphatic carbocycles. The van der Waals surface area contributed by atoms with Gasteiger partial charge in [0.05, 0.1) is 6.61 Å². The standard InChI is InChI=1S/C17H27FN2O/c1-2-19-17(14-6-5-7-15(18)12-14)9-11-20-10-4-3-8-16(20)13-21/h5-7,12,16-17,19,21H,2-4,8-11,13H2,1H3. The van der Waals surface area contributed by atoms with Gasteiger partial charge in [-0.1, -0.05) is 25.5 Å².